The molecule has 1 heterocycles. The molecule has 0 aliphatic carbocycles. The van der Waals surface area contributed by atoms with Gasteiger partial charge in [-0.3, -0.25) is 4.79 Å². The maximum Gasteiger partial charge on any atom is 0.224 e. The molecule has 4 nitrogen and oxygen atoms in total. The van der Waals surface area contributed by atoms with Crippen molar-refractivity contribution in [2.24, 2.45) is 0 Å². The molecule has 3 rings (SSSR count). The summed E-state index contributed by atoms with van der Waals surface area (Å²) in [5.41, 5.74) is 3.45. The van der Waals surface area contributed by atoms with Gasteiger partial charge in [-0.1, -0.05) is 30.3 Å². The largest absolute Gasteiger partial charge is 0.497 e. The van der Waals surface area contributed by atoms with Gasteiger partial charge in [-0.25, -0.2) is 0 Å². The highest BCUT2D eigenvalue weighted by molar-refractivity contribution is 5.89. The zero-order valence-corrected chi connectivity index (χ0v) is 15.7. The lowest BCUT2D eigenvalue weighted by molar-refractivity contribution is -0.120. The standard InChI is InChI=1S/C22H26N2O2/c1-16(2)24-15-18(20-6-4-5-7-21(20)24)14-22(25)23-13-12-17-8-10-19(26-3)11-9-17/h4-11,15-16H,12-14H2,1-3H3,(H,23,25). The number of carbonyl (C=O) groups is 1. The van der Waals surface area contributed by atoms with Crippen LogP contribution in [-0.4, -0.2) is 24.1 Å². The predicted octanol–water partition coefficient (Wildman–Crippen LogP) is 4.13. The first-order valence-corrected chi connectivity index (χ1v) is 9.06. The van der Waals surface area contributed by atoms with Crippen molar-refractivity contribution in [3.8, 4) is 5.75 Å². The SMILES string of the molecule is COc1ccc(CCNC(=O)Cc2cn(C(C)C)c3ccccc23)cc1. The summed E-state index contributed by atoms with van der Waals surface area (Å²) in [6.07, 6.45) is 3.32. The molecule has 0 aliphatic heterocycles. The highest BCUT2D eigenvalue weighted by atomic mass is 16.5. The molecule has 1 amide bonds. The third-order valence-corrected chi connectivity index (χ3v) is 4.63. The molecule has 4 heteroatoms. The molecule has 0 radical (unpaired) electrons. The average molecular weight is 350 g/mol. The van der Waals surface area contributed by atoms with E-state index >= 15 is 0 Å². The fraction of sp³-hybridized carbons (Fsp3) is 0.318. The van der Waals surface area contributed by atoms with Gasteiger partial charge in [0.15, 0.2) is 0 Å². The highest BCUT2D eigenvalue weighted by Crippen LogP contribution is 2.24. The molecule has 0 unspecified atom stereocenters. The zero-order valence-electron chi connectivity index (χ0n) is 15.7. The number of carbonyl (C=O) groups excluding carboxylic acids is 1. The molecule has 0 saturated carbocycles. The van der Waals surface area contributed by atoms with Gasteiger partial charge in [0.1, 0.15) is 5.75 Å². The number of aromatic nitrogens is 1. The minimum Gasteiger partial charge on any atom is -0.497 e. The van der Waals surface area contributed by atoms with Crippen molar-refractivity contribution in [1.29, 1.82) is 0 Å². The molecule has 136 valence electrons. The van der Waals surface area contributed by atoms with Crippen LogP contribution in [-0.2, 0) is 17.6 Å². The molecule has 0 atom stereocenters. The lowest BCUT2D eigenvalue weighted by Crippen LogP contribution is -2.27. The van der Waals surface area contributed by atoms with Crippen molar-refractivity contribution in [3.05, 3.63) is 65.9 Å². The molecule has 0 saturated heterocycles. The van der Waals surface area contributed by atoms with Gasteiger partial charge in [0, 0.05) is 29.7 Å². The molecule has 2 aromatic carbocycles. The van der Waals surface area contributed by atoms with E-state index in [0.29, 0.717) is 19.0 Å². The lowest BCUT2D eigenvalue weighted by atomic mass is 10.1. The van der Waals surface area contributed by atoms with Crippen LogP contribution in [0.5, 0.6) is 5.75 Å². The van der Waals surface area contributed by atoms with Gasteiger partial charge in [-0.15, -0.1) is 0 Å². The van der Waals surface area contributed by atoms with Crippen LogP contribution in [0.3, 0.4) is 0 Å². The summed E-state index contributed by atoms with van der Waals surface area (Å²) in [7, 11) is 1.66. The first-order chi connectivity index (χ1) is 12.6. The third-order valence-electron chi connectivity index (χ3n) is 4.63. The van der Waals surface area contributed by atoms with E-state index in [1.54, 1.807) is 7.11 Å². The Morgan fingerprint density at radius 3 is 2.54 bits per heavy atom. The topological polar surface area (TPSA) is 43.3 Å². The Labute approximate surface area is 154 Å². The molecule has 0 aliphatic rings. The van der Waals surface area contributed by atoms with E-state index in [1.165, 1.54) is 11.1 Å². The van der Waals surface area contributed by atoms with Gasteiger partial charge in [0.2, 0.25) is 5.91 Å². The van der Waals surface area contributed by atoms with Gasteiger partial charge < -0.3 is 14.6 Å². The van der Waals surface area contributed by atoms with E-state index in [0.717, 1.165) is 23.1 Å². The van der Waals surface area contributed by atoms with E-state index in [9.17, 15) is 4.79 Å². The molecule has 1 N–H and O–H groups in total. The normalized spacial score (nSPS) is 11.1. The van der Waals surface area contributed by atoms with Gasteiger partial charge in [-0.05, 0) is 49.6 Å². The third kappa shape index (κ3) is 4.07. The Hall–Kier alpha value is -2.75. The van der Waals surface area contributed by atoms with Crippen LogP contribution < -0.4 is 10.1 Å². The van der Waals surface area contributed by atoms with Crippen molar-refractivity contribution in [3.63, 3.8) is 0 Å². The van der Waals surface area contributed by atoms with Crippen molar-refractivity contribution in [2.75, 3.05) is 13.7 Å². The van der Waals surface area contributed by atoms with Crippen LogP contribution in [0.25, 0.3) is 10.9 Å². The van der Waals surface area contributed by atoms with Crippen LogP contribution in [0.4, 0.5) is 0 Å². The molecule has 26 heavy (non-hydrogen) atoms. The summed E-state index contributed by atoms with van der Waals surface area (Å²) in [5, 5.41) is 4.19. The number of nitrogens with zero attached hydrogens (tertiary/aromatic N) is 1. The van der Waals surface area contributed by atoms with Crippen LogP contribution in [0, 0.1) is 0 Å². The second kappa shape index (κ2) is 8.09. The maximum atomic E-state index is 12.4. The number of amides is 1. The maximum absolute atomic E-state index is 12.4. The van der Waals surface area contributed by atoms with Crippen molar-refractivity contribution in [1.82, 2.24) is 9.88 Å². The number of fused-ring (bicyclic) bond motifs is 1. The molecule has 0 bridgehead atoms. The number of hydrogen-bond acceptors (Lipinski definition) is 2. The summed E-state index contributed by atoms with van der Waals surface area (Å²) in [4.78, 5) is 12.4. The summed E-state index contributed by atoms with van der Waals surface area (Å²) >= 11 is 0. The van der Waals surface area contributed by atoms with Crippen LogP contribution >= 0.6 is 0 Å². The van der Waals surface area contributed by atoms with Crippen molar-refractivity contribution < 1.29 is 9.53 Å². The molecule has 3 aromatic rings. The molecule has 1 aromatic heterocycles. The zero-order chi connectivity index (χ0) is 18.5. The van der Waals surface area contributed by atoms with E-state index < -0.39 is 0 Å². The highest BCUT2D eigenvalue weighted by Gasteiger charge is 2.13. The van der Waals surface area contributed by atoms with Crippen LogP contribution in [0.2, 0.25) is 0 Å². The van der Waals surface area contributed by atoms with Crippen LogP contribution in [0.1, 0.15) is 31.0 Å². The van der Waals surface area contributed by atoms with Gasteiger partial charge in [-0.2, -0.15) is 0 Å². The fourth-order valence-corrected chi connectivity index (χ4v) is 3.22. The number of ether oxygens (including phenoxy) is 1. The quantitative estimate of drug-likeness (QED) is 0.696. The first kappa shape index (κ1) is 18.1. The predicted molar refractivity (Wildman–Crippen MR) is 106 cm³/mol. The van der Waals surface area contributed by atoms with E-state index in [2.05, 4.69) is 42.1 Å². The van der Waals surface area contributed by atoms with Gasteiger partial charge >= 0.3 is 0 Å². The number of benzene rings is 2. The molecular formula is C22H26N2O2. The summed E-state index contributed by atoms with van der Waals surface area (Å²) in [5.74, 6) is 0.907. The second-order valence-corrected chi connectivity index (χ2v) is 6.80. The Balaban J connectivity index is 1.60. The number of hydrogen-bond donors (Lipinski definition) is 1. The van der Waals surface area contributed by atoms with E-state index in [-0.39, 0.29) is 5.91 Å². The Bertz CT molecular complexity index is 879. The average Bonchev–Trinajstić information content (AvgIpc) is 3.01. The summed E-state index contributed by atoms with van der Waals surface area (Å²) in [6.45, 7) is 4.95. The fourth-order valence-electron chi connectivity index (χ4n) is 3.22. The Morgan fingerprint density at radius 2 is 1.85 bits per heavy atom. The minimum atomic E-state index is 0.0603. The summed E-state index contributed by atoms with van der Waals surface area (Å²) < 4.78 is 7.39. The van der Waals surface area contributed by atoms with Crippen molar-refractivity contribution in [2.45, 2.75) is 32.7 Å². The lowest BCUT2D eigenvalue weighted by Gasteiger charge is -2.08. The van der Waals surface area contributed by atoms with Gasteiger partial charge in [0.25, 0.3) is 0 Å². The second-order valence-electron chi connectivity index (χ2n) is 6.80. The van der Waals surface area contributed by atoms with E-state index in [1.807, 2.05) is 36.4 Å². The van der Waals surface area contributed by atoms with Gasteiger partial charge in [0.05, 0.1) is 13.5 Å². The first-order valence-electron chi connectivity index (χ1n) is 9.06. The number of para-hydroxylation sites is 1. The Morgan fingerprint density at radius 1 is 1.12 bits per heavy atom. The number of rotatable bonds is 7. The number of nitrogens with one attached hydrogen (secondary N) is 1. The van der Waals surface area contributed by atoms with E-state index in [4.69, 9.17) is 4.74 Å². The smallest absolute Gasteiger partial charge is 0.224 e. The Kier molecular flexibility index (Phi) is 5.61. The van der Waals surface area contributed by atoms with Crippen molar-refractivity contribution >= 4 is 16.8 Å². The summed E-state index contributed by atoms with van der Waals surface area (Å²) in [6, 6.07) is 16.6. The van der Waals surface area contributed by atoms with Crippen LogP contribution in [0.15, 0.2) is 54.7 Å². The molecular weight excluding hydrogens is 324 g/mol. The monoisotopic (exact) mass is 350 g/mol. The molecule has 0 fully saturated rings. The number of methoxy groups -OCH3 is 1. The molecule has 0 spiro atoms. The minimum absolute atomic E-state index is 0.0603.